The lowest BCUT2D eigenvalue weighted by atomic mass is 10.0. The van der Waals surface area contributed by atoms with Gasteiger partial charge in [-0.25, -0.2) is 0 Å². The summed E-state index contributed by atoms with van der Waals surface area (Å²) in [5, 5.41) is 0. The molecule has 3 rings (SSSR count). The molecule has 3 unspecified atom stereocenters. The zero-order valence-corrected chi connectivity index (χ0v) is 9.79. The van der Waals surface area contributed by atoms with Gasteiger partial charge in [-0.2, -0.15) is 0 Å². The smallest absolute Gasteiger partial charge is 0.239 e. The van der Waals surface area contributed by atoms with Crippen molar-refractivity contribution in [2.45, 2.75) is 44.2 Å². The highest BCUT2D eigenvalue weighted by Crippen LogP contribution is 2.52. The van der Waals surface area contributed by atoms with Gasteiger partial charge in [-0.1, -0.05) is 11.8 Å². The van der Waals surface area contributed by atoms with Gasteiger partial charge in [0.15, 0.2) is 6.10 Å². The van der Waals surface area contributed by atoms with Crippen molar-refractivity contribution in [3.8, 4) is 23.7 Å². The molecule has 3 saturated heterocycles. The van der Waals surface area contributed by atoms with Crippen molar-refractivity contribution in [3.63, 3.8) is 0 Å². The van der Waals surface area contributed by atoms with Crippen molar-refractivity contribution < 1.29 is 14.2 Å². The van der Waals surface area contributed by atoms with E-state index in [0.717, 1.165) is 31.6 Å². The highest BCUT2D eigenvalue weighted by atomic mass is 16.8. The van der Waals surface area contributed by atoms with Crippen molar-refractivity contribution >= 4 is 0 Å². The standard InChI is InChI=1S/C14H14O3/c1-2-3-4-5-8-11-12-13(16-12)14(17-11)9-6-7-10-15-14/h8,12-13H,6-7,9-10H2,1H3/b11-8+. The Bertz CT molecular complexity index is 463. The van der Waals surface area contributed by atoms with Gasteiger partial charge < -0.3 is 14.2 Å². The maximum atomic E-state index is 5.90. The molecule has 1 spiro atoms. The zero-order valence-electron chi connectivity index (χ0n) is 9.79. The van der Waals surface area contributed by atoms with Crippen LogP contribution in [0.2, 0.25) is 0 Å². The topological polar surface area (TPSA) is 31.0 Å². The first-order chi connectivity index (χ1) is 8.36. The Balaban J connectivity index is 1.74. The molecule has 0 N–H and O–H groups in total. The fourth-order valence-electron chi connectivity index (χ4n) is 2.39. The normalized spacial score (nSPS) is 39.7. The quantitative estimate of drug-likeness (QED) is 0.468. The van der Waals surface area contributed by atoms with Gasteiger partial charge in [-0.15, -0.1) is 0 Å². The second-order valence-electron chi connectivity index (χ2n) is 4.39. The molecule has 0 aromatic carbocycles. The molecule has 3 fully saturated rings. The summed E-state index contributed by atoms with van der Waals surface area (Å²) in [7, 11) is 0. The van der Waals surface area contributed by atoms with E-state index in [1.165, 1.54) is 0 Å². The third kappa shape index (κ3) is 1.82. The fraction of sp³-hybridized carbons (Fsp3) is 0.571. The number of epoxide rings is 1. The Morgan fingerprint density at radius 1 is 1.35 bits per heavy atom. The second kappa shape index (κ2) is 4.11. The number of allylic oxidation sites excluding steroid dienone is 1. The second-order valence-corrected chi connectivity index (χ2v) is 4.39. The summed E-state index contributed by atoms with van der Waals surface area (Å²) >= 11 is 0. The van der Waals surface area contributed by atoms with Crippen LogP contribution in [0.1, 0.15) is 26.2 Å². The highest BCUT2D eigenvalue weighted by molar-refractivity contribution is 5.34. The van der Waals surface area contributed by atoms with Crippen LogP contribution in [0.5, 0.6) is 0 Å². The Kier molecular flexibility index (Phi) is 2.59. The Labute approximate surface area is 101 Å². The minimum Gasteiger partial charge on any atom is -0.460 e. The lowest BCUT2D eigenvalue weighted by Crippen LogP contribution is -2.41. The van der Waals surface area contributed by atoms with Crippen LogP contribution in [0.25, 0.3) is 0 Å². The summed E-state index contributed by atoms with van der Waals surface area (Å²) in [4.78, 5) is 0. The van der Waals surface area contributed by atoms with Crippen LogP contribution in [-0.4, -0.2) is 24.6 Å². The lowest BCUT2D eigenvalue weighted by molar-refractivity contribution is -0.240. The first-order valence-electron chi connectivity index (χ1n) is 5.96. The van der Waals surface area contributed by atoms with Crippen molar-refractivity contribution in [3.05, 3.63) is 11.8 Å². The van der Waals surface area contributed by atoms with Crippen LogP contribution in [-0.2, 0) is 14.2 Å². The third-order valence-electron chi connectivity index (χ3n) is 3.24. The number of hydrogen-bond donors (Lipinski definition) is 0. The van der Waals surface area contributed by atoms with Crippen molar-refractivity contribution in [1.82, 2.24) is 0 Å². The van der Waals surface area contributed by atoms with Gasteiger partial charge in [0.1, 0.15) is 11.9 Å². The van der Waals surface area contributed by atoms with E-state index in [-0.39, 0.29) is 12.2 Å². The van der Waals surface area contributed by atoms with Crippen LogP contribution in [0.3, 0.4) is 0 Å². The van der Waals surface area contributed by atoms with E-state index in [2.05, 4.69) is 23.7 Å². The average Bonchev–Trinajstić information content (AvgIpc) is 3.10. The number of hydrogen-bond acceptors (Lipinski definition) is 3. The average molecular weight is 230 g/mol. The van der Waals surface area contributed by atoms with Gasteiger partial charge in [0.2, 0.25) is 5.79 Å². The summed E-state index contributed by atoms with van der Waals surface area (Å²) in [6.45, 7) is 2.52. The zero-order chi connectivity index (χ0) is 11.7. The molecule has 17 heavy (non-hydrogen) atoms. The summed E-state index contributed by atoms with van der Waals surface area (Å²) in [5.74, 6) is 11.3. The number of ether oxygens (including phenoxy) is 3. The Hall–Kier alpha value is -1.42. The largest absolute Gasteiger partial charge is 0.460 e. The molecule has 0 amide bonds. The summed E-state index contributed by atoms with van der Waals surface area (Å²) < 4.78 is 17.3. The van der Waals surface area contributed by atoms with E-state index in [1.807, 2.05) is 0 Å². The van der Waals surface area contributed by atoms with Crippen LogP contribution in [0, 0.1) is 23.7 Å². The van der Waals surface area contributed by atoms with Crippen LogP contribution >= 0.6 is 0 Å². The molecule has 0 bridgehead atoms. The lowest BCUT2D eigenvalue weighted by Gasteiger charge is -2.33. The summed E-state index contributed by atoms with van der Waals surface area (Å²) in [6, 6.07) is 0. The van der Waals surface area contributed by atoms with Gasteiger partial charge in [-0.05, 0) is 31.6 Å². The Morgan fingerprint density at radius 2 is 2.29 bits per heavy atom. The van der Waals surface area contributed by atoms with E-state index in [1.54, 1.807) is 13.0 Å². The van der Waals surface area contributed by atoms with Crippen molar-refractivity contribution in [1.29, 1.82) is 0 Å². The van der Waals surface area contributed by atoms with Crippen LogP contribution < -0.4 is 0 Å². The van der Waals surface area contributed by atoms with Crippen LogP contribution in [0.15, 0.2) is 11.8 Å². The van der Waals surface area contributed by atoms with E-state index >= 15 is 0 Å². The van der Waals surface area contributed by atoms with Crippen LogP contribution in [0.4, 0.5) is 0 Å². The maximum Gasteiger partial charge on any atom is 0.239 e. The molecule has 3 heterocycles. The molecule has 0 saturated carbocycles. The molecule has 0 aromatic rings. The SMILES string of the molecule is CC#CC#C/C=C1/OC2(CCCCO2)C2OC12. The number of fused-ring (bicyclic) bond motifs is 2. The predicted octanol–water partition coefficient (Wildman–Crippen LogP) is 1.59. The fourth-order valence-corrected chi connectivity index (χ4v) is 2.39. The first-order valence-corrected chi connectivity index (χ1v) is 5.96. The summed E-state index contributed by atoms with van der Waals surface area (Å²) in [5.41, 5.74) is 0. The van der Waals surface area contributed by atoms with Gasteiger partial charge in [0.05, 0.1) is 6.61 Å². The Morgan fingerprint density at radius 3 is 3.06 bits per heavy atom. The molecular formula is C14H14O3. The maximum absolute atomic E-state index is 5.90. The molecule has 88 valence electrons. The molecule has 3 aliphatic heterocycles. The first kappa shape index (κ1) is 10.7. The summed E-state index contributed by atoms with van der Waals surface area (Å²) in [6.07, 6.45) is 5.03. The molecule has 0 aromatic heterocycles. The van der Waals surface area contributed by atoms with Crippen molar-refractivity contribution in [2.24, 2.45) is 0 Å². The van der Waals surface area contributed by atoms with E-state index < -0.39 is 5.79 Å². The predicted molar refractivity (Wildman–Crippen MR) is 61.6 cm³/mol. The molecule has 3 heteroatoms. The van der Waals surface area contributed by atoms with E-state index in [0.29, 0.717) is 0 Å². The van der Waals surface area contributed by atoms with Gasteiger partial charge in [-0.3, -0.25) is 0 Å². The third-order valence-corrected chi connectivity index (χ3v) is 3.24. The molecule has 3 nitrogen and oxygen atoms in total. The number of rotatable bonds is 0. The molecule has 3 atom stereocenters. The monoisotopic (exact) mass is 230 g/mol. The minimum absolute atomic E-state index is 0.0528. The highest BCUT2D eigenvalue weighted by Gasteiger charge is 2.66. The molecule has 0 radical (unpaired) electrons. The van der Waals surface area contributed by atoms with Gasteiger partial charge in [0.25, 0.3) is 0 Å². The molecule has 0 aliphatic carbocycles. The van der Waals surface area contributed by atoms with E-state index in [9.17, 15) is 0 Å². The minimum atomic E-state index is -0.521. The molecular weight excluding hydrogens is 216 g/mol. The molecule has 3 aliphatic rings. The van der Waals surface area contributed by atoms with Gasteiger partial charge >= 0.3 is 0 Å². The van der Waals surface area contributed by atoms with Gasteiger partial charge in [0, 0.05) is 12.5 Å². The van der Waals surface area contributed by atoms with E-state index in [4.69, 9.17) is 14.2 Å². The van der Waals surface area contributed by atoms with Crippen molar-refractivity contribution in [2.75, 3.05) is 6.61 Å².